The van der Waals surface area contributed by atoms with E-state index >= 15 is 0 Å². The second-order valence-electron chi connectivity index (χ2n) is 2.51. The molecular formula is C9H10IN. The molecule has 0 fully saturated rings. The van der Waals surface area contributed by atoms with Crippen LogP contribution in [0, 0.1) is 3.57 Å². The maximum absolute atomic E-state index is 4.37. The number of nitrogens with zero attached hydrogens (tertiary/aromatic N) is 1. The summed E-state index contributed by atoms with van der Waals surface area (Å²) >= 11 is 2.29. The van der Waals surface area contributed by atoms with Gasteiger partial charge in [-0.25, -0.2) is 0 Å². The van der Waals surface area contributed by atoms with E-state index in [9.17, 15) is 0 Å². The van der Waals surface area contributed by atoms with Gasteiger partial charge in [0, 0.05) is 9.28 Å². The SMILES string of the molecule is CC(C)=Nc1ccccc1I. The third-order valence-electron chi connectivity index (χ3n) is 1.20. The van der Waals surface area contributed by atoms with Gasteiger partial charge >= 0.3 is 0 Å². The average Bonchev–Trinajstić information content (AvgIpc) is 1.93. The van der Waals surface area contributed by atoms with Crippen molar-refractivity contribution in [1.29, 1.82) is 0 Å². The van der Waals surface area contributed by atoms with Crippen molar-refractivity contribution in [3.8, 4) is 0 Å². The Labute approximate surface area is 80.7 Å². The summed E-state index contributed by atoms with van der Waals surface area (Å²) in [5, 5.41) is 0. The molecule has 0 amide bonds. The molecule has 58 valence electrons. The lowest BCUT2D eigenvalue weighted by Gasteiger charge is -1.96. The summed E-state index contributed by atoms with van der Waals surface area (Å²) in [5.41, 5.74) is 2.15. The monoisotopic (exact) mass is 259 g/mol. The minimum atomic E-state index is 1.06. The summed E-state index contributed by atoms with van der Waals surface area (Å²) in [5.74, 6) is 0. The van der Waals surface area contributed by atoms with Crippen LogP contribution in [0.3, 0.4) is 0 Å². The maximum atomic E-state index is 4.37. The highest BCUT2D eigenvalue weighted by molar-refractivity contribution is 14.1. The fraction of sp³-hybridized carbons (Fsp3) is 0.222. The molecule has 0 radical (unpaired) electrons. The van der Waals surface area contributed by atoms with Gasteiger partial charge in [0.15, 0.2) is 0 Å². The number of rotatable bonds is 1. The number of hydrogen-bond acceptors (Lipinski definition) is 1. The topological polar surface area (TPSA) is 12.4 Å². The molecule has 0 atom stereocenters. The lowest BCUT2D eigenvalue weighted by molar-refractivity contribution is 1.45. The Balaban J connectivity index is 3.04. The summed E-state index contributed by atoms with van der Waals surface area (Å²) < 4.78 is 1.20. The van der Waals surface area contributed by atoms with Gasteiger partial charge in [0.2, 0.25) is 0 Å². The standard InChI is InChI=1S/C9H10IN/c1-7(2)11-9-6-4-3-5-8(9)10/h3-6H,1-2H3. The number of halogens is 1. The van der Waals surface area contributed by atoms with Crippen molar-refractivity contribution in [3.63, 3.8) is 0 Å². The molecule has 11 heavy (non-hydrogen) atoms. The highest BCUT2D eigenvalue weighted by Gasteiger charge is 1.93. The third kappa shape index (κ3) is 2.61. The van der Waals surface area contributed by atoms with Crippen molar-refractivity contribution in [2.24, 2.45) is 4.99 Å². The molecule has 0 saturated carbocycles. The van der Waals surface area contributed by atoms with E-state index in [-0.39, 0.29) is 0 Å². The van der Waals surface area contributed by atoms with Gasteiger partial charge in [-0.05, 0) is 48.6 Å². The Morgan fingerprint density at radius 2 is 1.91 bits per heavy atom. The second kappa shape index (κ2) is 3.85. The van der Waals surface area contributed by atoms with E-state index in [0.717, 1.165) is 11.4 Å². The Kier molecular flexibility index (Phi) is 3.05. The zero-order valence-corrected chi connectivity index (χ0v) is 8.79. The van der Waals surface area contributed by atoms with E-state index in [1.165, 1.54) is 3.57 Å². The molecule has 1 rings (SSSR count). The summed E-state index contributed by atoms with van der Waals surface area (Å²) in [6.07, 6.45) is 0. The molecule has 0 aliphatic heterocycles. The van der Waals surface area contributed by atoms with Crippen LogP contribution >= 0.6 is 22.6 Å². The second-order valence-corrected chi connectivity index (χ2v) is 3.67. The summed E-state index contributed by atoms with van der Waals surface area (Å²) in [4.78, 5) is 4.37. The van der Waals surface area contributed by atoms with Crippen LogP contribution in [0.4, 0.5) is 5.69 Å². The lowest BCUT2D eigenvalue weighted by atomic mass is 10.3. The Morgan fingerprint density at radius 3 is 2.45 bits per heavy atom. The molecule has 0 unspecified atom stereocenters. The number of para-hydroxylation sites is 1. The Morgan fingerprint density at radius 1 is 1.27 bits per heavy atom. The molecule has 1 aromatic carbocycles. The first-order chi connectivity index (χ1) is 5.20. The number of benzene rings is 1. The van der Waals surface area contributed by atoms with Crippen molar-refractivity contribution in [2.45, 2.75) is 13.8 Å². The predicted octanol–water partition coefficient (Wildman–Crippen LogP) is 3.40. The highest BCUT2D eigenvalue weighted by Crippen LogP contribution is 2.20. The molecule has 2 heteroatoms. The molecule has 0 saturated heterocycles. The molecular weight excluding hydrogens is 249 g/mol. The summed E-state index contributed by atoms with van der Waals surface area (Å²) in [7, 11) is 0. The Hall–Kier alpha value is -0.380. The molecule has 0 heterocycles. The molecule has 0 bridgehead atoms. The molecule has 0 spiro atoms. The largest absolute Gasteiger partial charge is 0.257 e. The average molecular weight is 259 g/mol. The first kappa shape index (κ1) is 8.71. The van der Waals surface area contributed by atoms with Crippen LogP contribution in [-0.4, -0.2) is 5.71 Å². The first-order valence-electron chi connectivity index (χ1n) is 3.46. The van der Waals surface area contributed by atoms with Crippen LogP contribution in [0.1, 0.15) is 13.8 Å². The van der Waals surface area contributed by atoms with Crippen molar-refractivity contribution in [2.75, 3.05) is 0 Å². The van der Waals surface area contributed by atoms with Crippen LogP contribution in [0.25, 0.3) is 0 Å². The minimum Gasteiger partial charge on any atom is -0.257 e. The van der Waals surface area contributed by atoms with Gasteiger partial charge in [0.05, 0.1) is 5.69 Å². The minimum absolute atomic E-state index is 1.06. The van der Waals surface area contributed by atoms with E-state index in [1.807, 2.05) is 32.0 Å². The predicted molar refractivity (Wildman–Crippen MR) is 57.6 cm³/mol. The molecule has 0 aliphatic rings. The van der Waals surface area contributed by atoms with E-state index < -0.39 is 0 Å². The van der Waals surface area contributed by atoms with Crippen LogP contribution in [0.2, 0.25) is 0 Å². The zero-order valence-electron chi connectivity index (χ0n) is 6.63. The van der Waals surface area contributed by atoms with Crippen molar-refractivity contribution in [1.82, 2.24) is 0 Å². The normalized spacial score (nSPS) is 9.36. The van der Waals surface area contributed by atoms with Gasteiger partial charge in [0.25, 0.3) is 0 Å². The van der Waals surface area contributed by atoms with Crippen LogP contribution in [0.15, 0.2) is 29.3 Å². The van der Waals surface area contributed by atoms with E-state index in [2.05, 4.69) is 33.6 Å². The fourth-order valence-electron chi connectivity index (χ4n) is 0.783. The van der Waals surface area contributed by atoms with Crippen LogP contribution < -0.4 is 0 Å². The molecule has 1 nitrogen and oxygen atoms in total. The number of aliphatic imine (C=N–C) groups is 1. The van der Waals surface area contributed by atoms with Crippen molar-refractivity contribution in [3.05, 3.63) is 27.8 Å². The van der Waals surface area contributed by atoms with E-state index in [1.54, 1.807) is 0 Å². The van der Waals surface area contributed by atoms with Gasteiger partial charge in [-0.1, -0.05) is 12.1 Å². The fourth-order valence-corrected chi connectivity index (χ4v) is 1.29. The van der Waals surface area contributed by atoms with Crippen LogP contribution in [-0.2, 0) is 0 Å². The zero-order chi connectivity index (χ0) is 8.27. The number of hydrogen-bond donors (Lipinski definition) is 0. The van der Waals surface area contributed by atoms with Gasteiger partial charge in [-0.3, -0.25) is 4.99 Å². The van der Waals surface area contributed by atoms with Crippen molar-refractivity contribution < 1.29 is 0 Å². The van der Waals surface area contributed by atoms with Crippen LogP contribution in [0.5, 0.6) is 0 Å². The molecule has 0 aliphatic carbocycles. The third-order valence-corrected chi connectivity index (χ3v) is 2.11. The van der Waals surface area contributed by atoms with Gasteiger partial charge in [-0.15, -0.1) is 0 Å². The van der Waals surface area contributed by atoms with Gasteiger partial charge < -0.3 is 0 Å². The van der Waals surface area contributed by atoms with Gasteiger partial charge in [0.1, 0.15) is 0 Å². The summed E-state index contributed by atoms with van der Waals surface area (Å²) in [6.45, 7) is 4.01. The van der Waals surface area contributed by atoms with Gasteiger partial charge in [-0.2, -0.15) is 0 Å². The van der Waals surface area contributed by atoms with E-state index in [4.69, 9.17) is 0 Å². The first-order valence-corrected chi connectivity index (χ1v) is 4.54. The summed E-state index contributed by atoms with van der Waals surface area (Å²) in [6, 6.07) is 8.10. The quantitative estimate of drug-likeness (QED) is 0.541. The smallest absolute Gasteiger partial charge is 0.0762 e. The Bertz CT molecular complexity index is 275. The highest BCUT2D eigenvalue weighted by atomic mass is 127. The lowest BCUT2D eigenvalue weighted by Crippen LogP contribution is -1.79. The van der Waals surface area contributed by atoms with Crippen molar-refractivity contribution >= 4 is 34.0 Å². The van der Waals surface area contributed by atoms with E-state index in [0.29, 0.717) is 0 Å². The molecule has 0 aromatic heterocycles. The molecule has 0 N–H and O–H groups in total. The molecule has 1 aromatic rings. The maximum Gasteiger partial charge on any atom is 0.0762 e.